The number of hydrogen-bond acceptors (Lipinski definition) is 3. The van der Waals surface area contributed by atoms with Crippen molar-refractivity contribution in [1.29, 1.82) is 0 Å². The minimum atomic E-state index is -0.976. The van der Waals surface area contributed by atoms with Crippen molar-refractivity contribution in [2.24, 2.45) is 0 Å². The van der Waals surface area contributed by atoms with E-state index in [1.54, 1.807) is 12.1 Å². The van der Waals surface area contributed by atoms with Crippen molar-refractivity contribution >= 4 is 17.6 Å². The average Bonchev–Trinajstić information content (AvgIpc) is 2.90. The van der Waals surface area contributed by atoms with Gasteiger partial charge < -0.3 is 15.2 Å². The maximum Gasteiger partial charge on any atom is 0.335 e. The second-order valence-electron chi connectivity index (χ2n) is 4.60. The van der Waals surface area contributed by atoms with E-state index in [1.165, 1.54) is 12.1 Å². The lowest BCUT2D eigenvalue weighted by Gasteiger charge is -2.09. The third kappa shape index (κ3) is 4.06. The van der Waals surface area contributed by atoms with Crippen molar-refractivity contribution in [3.63, 3.8) is 0 Å². The van der Waals surface area contributed by atoms with Gasteiger partial charge in [-0.05, 0) is 43.5 Å². The van der Waals surface area contributed by atoms with Crippen LogP contribution in [0, 0.1) is 0 Å². The molecule has 1 amide bonds. The SMILES string of the molecule is O=C(CCC1CCCO1)Nc1ccc(C(=O)O)cc1. The number of benzene rings is 1. The summed E-state index contributed by atoms with van der Waals surface area (Å²) < 4.78 is 5.45. The lowest BCUT2D eigenvalue weighted by molar-refractivity contribution is -0.116. The van der Waals surface area contributed by atoms with Crippen LogP contribution in [0.15, 0.2) is 24.3 Å². The number of amides is 1. The van der Waals surface area contributed by atoms with E-state index in [0.29, 0.717) is 12.1 Å². The molecule has 19 heavy (non-hydrogen) atoms. The summed E-state index contributed by atoms with van der Waals surface area (Å²) in [5.41, 5.74) is 0.819. The van der Waals surface area contributed by atoms with Gasteiger partial charge >= 0.3 is 5.97 Å². The van der Waals surface area contributed by atoms with Crippen LogP contribution in [0.1, 0.15) is 36.0 Å². The first kappa shape index (κ1) is 13.5. The maximum atomic E-state index is 11.7. The molecule has 1 heterocycles. The van der Waals surface area contributed by atoms with Crippen LogP contribution in [-0.2, 0) is 9.53 Å². The summed E-state index contributed by atoms with van der Waals surface area (Å²) in [7, 11) is 0. The summed E-state index contributed by atoms with van der Waals surface area (Å²) in [5.74, 6) is -1.05. The predicted molar refractivity (Wildman–Crippen MR) is 70.2 cm³/mol. The van der Waals surface area contributed by atoms with Gasteiger partial charge in [0.1, 0.15) is 0 Å². The Morgan fingerprint density at radius 1 is 1.32 bits per heavy atom. The second kappa shape index (κ2) is 6.33. The van der Waals surface area contributed by atoms with Crippen LogP contribution in [0.4, 0.5) is 5.69 Å². The molecule has 0 saturated carbocycles. The molecule has 1 aromatic rings. The number of anilines is 1. The fourth-order valence-corrected chi connectivity index (χ4v) is 2.08. The molecule has 0 radical (unpaired) electrons. The largest absolute Gasteiger partial charge is 0.478 e. The molecular weight excluding hydrogens is 246 g/mol. The summed E-state index contributed by atoms with van der Waals surface area (Å²) in [6.45, 7) is 0.795. The van der Waals surface area contributed by atoms with Crippen LogP contribution in [0.5, 0.6) is 0 Å². The van der Waals surface area contributed by atoms with Crippen molar-refractivity contribution in [3.8, 4) is 0 Å². The number of carboxylic acid groups (broad SMARTS) is 1. The molecular formula is C14H17NO4. The molecule has 0 aliphatic carbocycles. The number of hydrogen-bond donors (Lipinski definition) is 2. The van der Waals surface area contributed by atoms with Gasteiger partial charge in [0.05, 0.1) is 11.7 Å². The number of aromatic carboxylic acids is 1. The van der Waals surface area contributed by atoms with Crippen LogP contribution in [0.2, 0.25) is 0 Å². The standard InChI is InChI=1S/C14H17NO4/c16-13(8-7-12-2-1-9-19-12)15-11-5-3-10(4-6-11)14(17)18/h3-6,12H,1-2,7-9H2,(H,15,16)(H,17,18). The van der Waals surface area contributed by atoms with Gasteiger partial charge in [0, 0.05) is 18.7 Å². The lowest BCUT2D eigenvalue weighted by Crippen LogP contribution is -2.15. The highest BCUT2D eigenvalue weighted by atomic mass is 16.5. The summed E-state index contributed by atoms with van der Waals surface area (Å²) in [4.78, 5) is 22.4. The van der Waals surface area contributed by atoms with E-state index in [1.807, 2.05) is 0 Å². The molecule has 0 spiro atoms. The summed E-state index contributed by atoms with van der Waals surface area (Å²) in [6, 6.07) is 6.12. The van der Waals surface area contributed by atoms with E-state index in [9.17, 15) is 9.59 Å². The Bertz CT molecular complexity index is 449. The van der Waals surface area contributed by atoms with Gasteiger partial charge in [-0.1, -0.05) is 0 Å². The molecule has 1 aliphatic heterocycles. The minimum Gasteiger partial charge on any atom is -0.478 e. The van der Waals surface area contributed by atoms with Crippen molar-refractivity contribution in [2.45, 2.75) is 31.8 Å². The first-order valence-corrected chi connectivity index (χ1v) is 6.40. The highest BCUT2D eigenvalue weighted by molar-refractivity contribution is 5.92. The summed E-state index contributed by atoms with van der Waals surface area (Å²) in [5, 5.41) is 11.5. The third-order valence-electron chi connectivity index (χ3n) is 3.13. The molecule has 5 nitrogen and oxygen atoms in total. The average molecular weight is 263 g/mol. The molecule has 102 valence electrons. The minimum absolute atomic E-state index is 0.0708. The fourth-order valence-electron chi connectivity index (χ4n) is 2.08. The predicted octanol–water partition coefficient (Wildman–Crippen LogP) is 2.28. The van der Waals surface area contributed by atoms with Gasteiger partial charge in [0.15, 0.2) is 0 Å². The Morgan fingerprint density at radius 2 is 2.05 bits per heavy atom. The Morgan fingerprint density at radius 3 is 2.63 bits per heavy atom. The fraction of sp³-hybridized carbons (Fsp3) is 0.429. The Hall–Kier alpha value is -1.88. The molecule has 2 rings (SSSR count). The Labute approximate surface area is 111 Å². The van der Waals surface area contributed by atoms with Gasteiger partial charge in [0.25, 0.3) is 0 Å². The number of carbonyl (C=O) groups is 2. The molecule has 0 bridgehead atoms. The van der Waals surface area contributed by atoms with E-state index < -0.39 is 5.97 Å². The van der Waals surface area contributed by atoms with Crippen molar-refractivity contribution in [1.82, 2.24) is 0 Å². The molecule has 1 aliphatic rings. The van der Waals surface area contributed by atoms with E-state index in [2.05, 4.69) is 5.32 Å². The van der Waals surface area contributed by atoms with E-state index in [4.69, 9.17) is 9.84 Å². The van der Waals surface area contributed by atoms with Crippen molar-refractivity contribution in [3.05, 3.63) is 29.8 Å². The molecule has 1 fully saturated rings. The Balaban J connectivity index is 1.79. The molecule has 1 atom stereocenters. The number of ether oxygens (including phenoxy) is 1. The van der Waals surface area contributed by atoms with Crippen LogP contribution in [0.3, 0.4) is 0 Å². The van der Waals surface area contributed by atoms with Crippen LogP contribution in [-0.4, -0.2) is 29.7 Å². The zero-order valence-electron chi connectivity index (χ0n) is 10.6. The van der Waals surface area contributed by atoms with E-state index >= 15 is 0 Å². The Kier molecular flexibility index (Phi) is 4.52. The quantitative estimate of drug-likeness (QED) is 0.854. The monoisotopic (exact) mass is 263 g/mol. The van der Waals surface area contributed by atoms with Crippen LogP contribution >= 0.6 is 0 Å². The smallest absolute Gasteiger partial charge is 0.335 e. The normalized spacial score (nSPS) is 18.2. The van der Waals surface area contributed by atoms with Gasteiger partial charge in [-0.2, -0.15) is 0 Å². The lowest BCUT2D eigenvalue weighted by atomic mass is 10.1. The molecule has 2 N–H and O–H groups in total. The van der Waals surface area contributed by atoms with Gasteiger partial charge in [-0.15, -0.1) is 0 Å². The molecule has 1 saturated heterocycles. The highest BCUT2D eigenvalue weighted by Crippen LogP contribution is 2.17. The molecule has 1 unspecified atom stereocenters. The summed E-state index contributed by atoms with van der Waals surface area (Å²) >= 11 is 0. The zero-order valence-corrected chi connectivity index (χ0v) is 10.6. The first-order chi connectivity index (χ1) is 9.15. The number of nitrogens with one attached hydrogen (secondary N) is 1. The van der Waals surface area contributed by atoms with Gasteiger partial charge in [-0.3, -0.25) is 4.79 Å². The zero-order chi connectivity index (χ0) is 13.7. The van der Waals surface area contributed by atoms with Crippen LogP contribution in [0.25, 0.3) is 0 Å². The van der Waals surface area contributed by atoms with Gasteiger partial charge in [-0.25, -0.2) is 4.79 Å². The number of carboxylic acids is 1. The highest BCUT2D eigenvalue weighted by Gasteiger charge is 2.16. The number of rotatable bonds is 5. The third-order valence-corrected chi connectivity index (χ3v) is 3.13. The number of carbonyl (C=O) groups excluding carboxylic acids is 1. The van der Waals surface area contributed by atoms with Crippen molar-refractivity contribution in [2.75, 3.05) is 11.9 Å². The maximum absolute atomic E-state index is 11.7. The first-order valence-electron chi connectivity index (χ1n) is 6.40. The topological polar surface area (TPSA) is 75.6 Å². The molecule has 5 heteroatoms. The van der Waals surface area contributed by atoms with Gasteiger partial charge in [0.2, 0.25) is 5.91 Å². The second-order valence-corrected chi connectivity index (χ2v) is 4.60. The molecule has 0 aromatic heterocycles. The van der Waals surface area contributed by atoms with E-state index in [-0.39, 0.29) is 17.6 Å². The van der Waals surface area contributed by atoms with Crippen LogP contribution < -0.4 is 5.32 Å². The van der Waals surface area contributed by atoms with E-state index in [0.717, 1.165) is 25.9 Å². The molecule has 1 aromatic carbocycles. The van der Waals surface area contributed by atoms with Crippen molar-refractivity contribution < 1.29 is 19.4 Å². The summed E-state index contributed by atoms with van der Waals surface area (Å²) in [6.07, 6.45) is 3.47.